The molecule has 0 radical (unpaired) electrons. The van der Waals surface area contributed by atoms with Crippen molar-refractivity contribution in [3.05, 3.63) is 111 Å². The number of aromatic amines is 1. The second kappa shape index (κ2) is 18.5. The summed E-state index contributed by atoms with van der Waals surface area (Å²) in [5, 5.41) is 16.7. The van der Waals surface area contributed by atoms with E-state index in [0.29, 0.717) is 62.3 Å². The van der Waals surface area contributed by atoms with Gasteiger partial charge in [0.25, 0.3) is 21.6 Å². The average Bonchev–Trinajstić information content (AvgIpc) is 3.68. The zero-order valence-electron chi connectivity index (χ0n) is 36.3. The Balaban J connectivity index is 0.916. The van der Waals surface area contributed by atoms with Crippen LogP contribution in [0, 0.1) is 15.5 Å². The molecule has 1 aliphatic carbocycles. The number of nitrogens with zero attached hydrogens (tertiary/aromatic N) is 5. The van der Waals surface area contributed by atoms with Gasteiger partial charge in [0.15, 0.2) is 0 Å². The Hall–Kier alpha value is -5.76. The van der Waals surface area contributed by atoms with E-state index in [1.54, 1.807) is 12.3 Å². The Bertz CT molecular complexity index is 2780. The first-order valence-corrected chi connectivity index (χ1v) is 24.2. The molecule has 2 aromatic heterocycles. The molecule has 1 atom stereocenters. The van der Waals surface area contributed by atoms with Crippen molar-refractivity contribution < 1.29 is 37.1 Å². The fourth-order valence-electron chi connectivity index (χ4n) is 9.60. The number of H-pyrrole nitrogens is 1. The van der Waals surface area contributed by atoms with Gasteiger partial charge in [-0.3, -0.25) is 19.8 Å². The Morgan fingerprint density at radius 3 is 2.55 bits per heavy atom. The van der Waals surface area contributed by atoms with Crippen LogP contribution in [0.25, 0.3) is 16.6 Å². The number of halogens is 1. The van der Waals surface area contributed by atoms with Crippen LogP contribution in [0.15, 0.2) is 89.5 Å². The Morgan fingerprint density at radius 2 is 1.79 bits per heavy atom. The van der Waals surface area contributed by atoms with Crippen LogP contribution in [-0.2, 0) is 24.2 Å². The van der Waals surface area contributed by atoms with E-state index >= 15 is 0 Å². The molecule has 66 heavy (non-hydrogen) atoms. The number of carbonyl (C=O) groups excluding carboxylic acids is 1. The highest BCUT2D eigenvalue weighted by molar-refractivity contribution is 7.90. The minimum absolute atomic E-state index is 0.0964. The van der Waals surface area contributed by atoms with Crippen molar-refractivity contribution in [3.8, 4) is 5.88 Å². The summed E-state index contributed by atoms with van der Waals surface area (Å²) < 4.78 is 52.9. The molecule has 4 aliphatic heterocycles. The van der Waals surface area contributed by atoms with Gasteiger partial charge in [-0.1, -0.05) is 29.3 Å². The average molecular weight is 939 g/mol. The number of nitro benzene ring substituents is 1. The SMILES string of the molecule is O=C(NS(=O)(=O)c1ccc(NC[C@@H]2COCCO2)c([N+](=O)[O-])c1)c1ccc(N2CCN(CC3=C(c4ccc(Cl)cc4)CC4(CC3)COC4)CC2)cc1N1CCCOc2nc3[nH]ccc3cc21. The molecule has 5 aliphatic rings. The first kappa shape index (κ1) is 44.1. The van der Waals surface area contributed by atoms with E-state index in [1.165, 1.54) is 28.8 Å². The summed E-state index contributed by atoms with van der Waals surface area (Å²) in [6.45, 7) is 7.85. The number of pyridine rings is 1. The minimum Gasteiger partial charge on any atom is -0.476 e. The number of piperazine rings is 1. The summed E-state index contributed by atoms with van der Waals surface area (Å²) in [6.07, 6.45) is 5.21. The standard InChI is InChI=1S/C47H51ClN8O9S/c48-34-4-2-31(3-5-34)39-25-47(29-63-30-47)12-10-33(39)27-53-15-17-54(18-16-53)35-6-8-38(41(23-35)55-14-1-19-65-46-43(55)22-32-11-13-49-44(32)51-46)45(57)52-66(60,61)37-7-9-40(42(24-37)56(58)59)50-26-36-28-62-20-21-64-36/h2-9,11,13,22-24,36,50H,1,10,12,14-21,25-30H2,(H,49,51)(H,52,57)/t36-/m1/s1. The van der Waals surface area contributed by atoms with Crippen molar-refractivity contribution in [2.24, 2.45) is 5.41 Å². The van der Waals surface area contributed by atoms with Crippen LogP contribution in [0.3, 0.4) is 0 Å². The number of rotatable bonds is 12. The molecule has 5 aromatic rings. The smallest absolute Gasteiger partial charge is 0.293 e. The number of hydrogen-bond acceptors (Lipinski definition) is 14. The summed E-state index contributed by atoms with van der Waals surface area (Å²) in [5.41, 5.74) is 6.68. The lowest BCUT2D eigenvalue weighted by Gasteiger charge is -2.46. The molecule has 0 unspecified atom stereocenters. The molecule has 1 amide bonds. The van der Waals surface area contributed by atoms with Crippen LogP contribution in [-0.4, -0.2) is 126 Å². The van der Waals surface area contributed by atoms with Crippen LogP contribution < -0.4 is 24.6 Å². The maximum Gasteiger partial charge on any atom is 0.293 e. The molecule has 6 heterocycles. The van der Waals surface area contributed by atoms with E-state index in [1.807, 2.05) is 41.3 Å². The number of ether oxygens (including phenoxy) is 4. The van der Waals surface area contributed by atoms with Crippen molar-refractivity contribution in [2.45, 2.75) is 36.7 Å². The van der Waals surface area contributed by atoms with E-state index in [2.05, 4.69) is 37.0 Å². The predicted molar refractivity (Wildman–Crippen MR) is 251 cm³/mol. The Labute approximate surface area is 387 Å². The number of nitrogens with one attached hydrogen (secondary N) is 3. The monoisotopic (exact) mass is 938 g/mol. The van der Waals surface area contributed by atoms with Crippen LogP contribution in [0.4, 0.5) is 28.4 Å². The van der Waals surface area contributed by atoms with Gasteiger partial charge < -0.3 is 39.0 Å². The first-order valence-electron chi connectivity index (χ1n) is 22.3. The lowest BCUT2D eigenvalue weighted by Crippen LogP contribution is -2.48. The normalized spacial score (nSPS) is 20.0. The summed E-state index contributed by atoms with van der Waals surface area (Å²) in [4.78, 5) is 40.1. The third-order valence-electron chi connectivity index (χ3n) is 13.3. The molecule has 346 valence electrons. The topological polar surface area (TPSA) is 194 Å². The van der Waals surface area contributed by atoms with Crippen molar-refractivity contribution in [1.82, 2.24) is 19.6 Å². The third-order valence-corrected chi connectivity index (χ3v) is 14.8. The lowest BCUT2D eigenvalue weighted by molar-refractivity contribution is -0.384. The maximum absolute atomic E-state index is 14.4. The highest BCUT2D eigenvalue weighted by Crippen LogP contribution is 2.48. The Kier molecular flexibility index (Phi) is 12.4. The molecule has 1 spiro atoms. The first-order chi connectivity index (χ1) is 32.0. The number of fused-ring (bicyclic) bond motifs is 2. The number of aromatic nitrogens is 2. The molecule has 19 heteroatoms. The fourth-order valence-corrected chi connectivity index (χ4v) is 10.7. The molecule has 3 aromatic carbocycles. The van der Waals surface area contributed by atoms with Gasteiger partial charge in [0, 0.05) is 79.6 Å². The predicted octanol–water partition coefficient (Wildman–Crippen LogP) is 6.77. The number of benzene rings is 3. The van der Waals surface area contributed by atoms with Gasteiger partial charge in [-0.25, -0.2) is 13.1 Å². The van der Waals surface area contributed by atoms with Gasteiger partial charge in [-0.2, -0.15) is 4.98 Å². The van der Waals surface area contributed by atoms with Gasteiger partial charge in [-0.05, 0) is 91.4 Å². The quantitative estimate of drug-likeness (QED) is 0.0877. The maximum atomic E-state index is 14.4. The second-order valence-electron chi connectivity index (χ2n) is 17.6. The molecule has 10 rings (SSSR count). The summed E-state index contributed by atoms with van der Waals surface area (Å²) >= 11 is 6.29. The Morgan fingerprint density at radius 1 is 0.955 bits per heavy atom. The number of nitro groups is 1. The fraction of sp³-hybridized carbons (Fsp3) is 0.404. The van der Waals surface area contributed by atoms with Crippen LogP contribution in [0.1, 0.15) is 41.6 Å². The summed E-state index contributed by atoms with van der Waals surface area (Å²) in [6, 6.07) is 20.9. The van der Waals surface area contributed by atoms with Crippen molar-refractivity contribution >= 4 is 72.6 Å². The number of carbonyl (C=O) groups is 1. The highest BCUT2D eigenvalue weighted by atomic mass is 35.5. The zero-order chi connectivity index (χ0) is 45.4. The van der Waals surface area contributed by atoms with Crippen molar-refractivity contribution in [3.63, 3.8) is 0 Å². The molecule has 0 saturated carbocycles. The largest absolute Gasteiger partial charge is 0.476 e. The summed E-state index contributed by atoms with van der Waals surface area (Å²) in [5.74, 6) is -0.509. The highest BCUT2D eigenvalue weighted by Gasteiger charge is 2.42. The minimum atomic E-state index is -4.60. The number of sulfonamides is 1. The second-order valence-corrected chi connectivity index (χ2v) is 19.7. The number of amides is 1. The van der Waals surface area contributed by atoms with Gasteiger partial charge in [-0.15, -0.1) is 0 Å². The molecule has 3 saturated heterocycles. The number of hydrogen-bond donors (Lipinski definition) is 3. The van der Waals surface area contributed by atoms with Crippen molar-refractivity contribution in [2.75, 3.05) is 101 Å². The summed E-state index contributed by atoms with van der Waals surface area (Å²) in [7, 11) is -4.60. The van der Waals surface area contributed by atoms with E-state index in [0.717, 1.165) is 87.4 Å². The molecular weight excluding hydrogens is 888 g/mol. The van der Waals surface area contributed by atoms with Crippen molar-refractivity contribution in [1.29, 1.82) is 0 Å². The molecule has 3 fully saturated rings. The van der Waals surface area contributed by atoms with Crippen LogP contribution in [0.2, 0.25) is 5.02 Å². The van der Waals surface area contributed by atoms with Crippen LogP contribution >= 0.6 is 11.6 Å². The molecule has 17 nitrogen and oxygen atoms in total. The third kappa shape index (κ3) is 9.17. The number of allylic oxidation sites excluding steroid dienone is 1. The van der Waals surface area contributed by atoms with Gasteiger partial charge in [0.1, 0.15) is 17.0 Å². The van der Waals surface area contributed by atoms with Gasteiger partial charge >= 0.3 is 0 Å². The number of anilines is 4. The molecular formula is C47H51ClN8O9S. The molecule has 3 N–H and O–H groups in total. The van der Waals surface area contributed by atoms with Crippen LogP contribution in [0.5, 0.6) is 5.88 Å². The van der Waals surface area contributed by atoms with E-state index in [4.69, 9.17) is 35.5 Å². The van der Waals surface area contributed by atoms with Gasteiger partial charge in [0.05, 0.1) is 66.8 Å². The van der Waals surface area contributed by atoms with E-state index < -0.39 is 31.4 Å². The van der Waals surface area contributed by atoms with Gasteiger partial charge in [0.2, 0.25) is 5.88 Å². The zero-order valence-corrected chi connectivity index (χ0v) is 37.9. The van der Waals surface area contributed by atoms with E-state index in [9.17, 15) is 23.3 Å². The van der Waals surface area contributed by atoms with E-state index in [-0.39, 0.29) is 29.3 Å². The lowest BCUT2D eigenvalue weighted by atomic mass is 9.69. The molecule has 0 bridgehead atoms.